The fourth-order valence-corrected chi connectivity index (χ4v) is 6.04. The Balaban J connectivity index is 0.00000210. The molecule has 0 heterocycles. The molecule has 1 unspecified atom stereocenters. The summed E-state index contributed by atoms with van der Waals surface area (Å²) in [5.41, 5.74) is 1.99. The minimum absolute atomic E-state index is 0. The third kappa shape index (κ3) is 4.81. The molecule has 0 amide bonds. The summed E-state index contributed by atoms with van der Waals surface area (Å²) in [5, 5.41) is 13.4. The lowest BCUT2D eigenvalue weighted by atomic mass is 9.48. The molecule has 4 saturated carbocycles. The predicted octanol–water partition coefficient (Wildman–Crippen LogP) is 1.29. The first-order chi connectivity index (χ1) is 12.3. The van der Waals surface area contributed by atoms with E-state index in [2.05, 4.69) is 50.4 Å². The summed E-state index contributed by atoms with van der Waals surface area (Å²) in [6, 6.07) is 8.81. The van der Waals surface area contributed by atoms with Gasteiger partial charge in [0.2, 0.25) is 0 Å². The van der Waals surface area contributed by atoms with Gasteiger partial charge in [-0.05, 0) is 100 Å². The molecule has 0 radical (unpaired) electrons. The average Bonchev–Trinajstić information content (AvgIpc) is 2.57. The first-order valence-corrected chi connectivity index (χ1v) is 10.5. The van der Waals surface area contributed by atoms with E-state index in [4.69, 9.17) is 4.74 Å². The van der Waals surface area contributed by atoms with Crippen molar-refractivity contribution in [3.05, 3.63) is 29.8 Å². The van der Waals surface area contributed by atoms with Gasteiger partial charge in [-0.25, -0.2) is 0 Å². The van der Waals surface area contributed by atoms with Crippen molar-refractivity contribution in [2.24, 2.45) is 17.8 Å². The van der Waals surface area contributed by atoms with E-state index in [9.17, 15) is 5.11 Å². The molecule has 27 heavy (non-hydrogen) atoms. The van der Waals surface area contributed by atoms with E-state index in [0.717, 1.165) is 23.5 Å². The molecule has 5 rings (SSSR count). The summed E-state index contributed by atoms with van der Waals surface area (Å²) in [5.74, 6) is 3.79. The summed E-state index contributed by atoms with van der Waals surface area (Å²) in [4.78, 5) is 0. The molecule has 4 bridgehead atoms. The number of hydrogen-bond donors (Lipinski definition) is 2. The highest BCUT2D eigenvalue weighted by molar-refractivity contribution is 5.34. The van der Waals surface area contributed by atoms with Gasteiger partial charge in [0.15, 0.2) is 0 Å². The summed E-state index contributed by atoms with van der Waals surface area (Å²) in [7, 11) is 0. The van der Waals surface area contributed by atoms with E-state index >= 15 is 0 Å². The molecule has 1 aromatic rings. The maximum absolute atomic E-state index is 10.1. The van der Waals surface area contributed by atoms with Gasteiger partial charge in [0.1, 0.15) is 18.5 Å². The number of ether oxygens (including phenoxy) is 1. The van der Waals surface area contributed by atoms with Crippen LogP contribution >= 0.6 is 0 Å². The smallest absolute Gasteiger partial charge is 0.119 e. The first-order valence-electron chi connectivity index (χ1n) is 10.5. The lowest BCUT2D eigenvalue weighted by Gasteiger charge is -2.57. The highest BCUT2D eigenvalue weighted by Crippen LogP contribution is 2.60. The van der Waals surface area contributed by atoms with Crippen LogP contribution in [0, 0.1) is 17.8 Å². The SMILES string of the molecule is CC(C)(C)NCC(O)COc1ccc(C23CC4CC(CC(C4)C2)C3)cc1.[Cl-]. The Bertz CT molecular complexity index is 587. The van der Waals surface area contributed by atoms with E-state index in [0.29, 0.717) is 18.6 Å². The van der Waals surface area contributed by atoms with Crippen LogP contribution in [0.15, 0.2) is 24.3 Å². The molecule has 0 spiro atoms. The van der Waals surface area contributed by atoms with Crippen molar-refractivity contribution in [2.45, 2.75) is 76.4 Å². The monoisotopic (exact) mass is 392 g/mol. The van der Waals surface area contributed by atoms with E-state index in [1.165, 1.54) is 44.1 Å². The van der Waals surface area contributed by atoms with E-state index in [1.807, 2.05) is 0 Å². The molecular weight excluding hydrogens is 358 g/mol. The molecule has 2 N–H and O–H groups in total. The van der Waals surface area contributed by atoms with Gasteiger partial charge in [0.25, 0.3) is 0 Å². The van der Waals surface area contributed by atoms with E-state index in [1.54, 1.807) is 0 Å². The van der Waals surface area contributed by atoms with Crippen LogP contribution in [-0.4, -0.2) is 29.9 Å². The Kier molecular flexibility index (Phi) is 6.15. The zero-order valence-corrected chi connectivity index (χ0v) is 17.8. The standard InChI is InChI=1S/C23H35NO2.ClH/c1-22(2,3)24-14-20(25)15-26-21-6-4-19(5-7-21)23-11-16-8-17(12-23)10-18(9-16)13-23;/h4-7,16-18,20,24-25H,8-15H2,1-3H3;1H/p-1. The molecule has 4 fully saturated rings. The lowest BCUT2D eigenvalue weighted by molar-refractivity contribution is -0.00524. The fourth-order valence-electron chi connectivity index (χ4n) is 6.04. The molecule has 3 nitrogen and oxygen atoms in total. The van der Waals surface area contributed by atoms with Crippen LogP contribution in [-0.2, 0) is 5.41 Å². The third-order valence-electron chi connectivity index (χ3n) is 6.82. The van der Waals surface area contributed by atoms with Gasteiger partial charge in [-0.3, -0.25) is 0 Å². The van der Waals surface area contributed by atoms with Crippen LogP contribution in [0.1, 0.15) is 64.9 Å². The molecule has 0 saturated heterocycles. The molecule has 4 aliphatic carbocycles. The number of rotatable bonds is 6. The quantitative estimate of drug-likeness (QED) is 0.766. The maximum Gasteiger partial charge on any atom is 0.119 e. The molecule has 0 aromatic heterocycles. The Morgan fingerprint density at radius 2 is 1.56 bits per heavy atom. The highest BCUT2D eigenvalue weighted by atomic mass is 35.5. The van der Waals surface area contributed by atoms with Crippen molar-refractivity contribution in [1.82, 2.24) is 5.32 Å². The van der Waals surface area contributed by atoms with Crippen LogP contribution in [0.5, 0.6) is 5.75 Å². The van der Waals surface area contributed by atoms with E-state index < -0.39 is 6.10 Å². The Labute approximate surface area is 170 Å². The number of benzene rings is 1. The number of halogens is 1. The second-order valence-corrected chi connectivity index (χ2v) is 10.3. The first kappa shape index (κ1) is 21.0. The number of aliphatic hydroxyl groups is 1. The van der Waals surface area contributed by atoms with Gasteiger partial charge in [-0.15, -0.1) is 0 Å². The second kappa shape index (κ2) is 7.93. The minimum Gasteiger partial charge on any atom is -1.00 e. The Morgan fingerprint density at radius 1 is 1.04 bits per heavy atom. The normalized spacial score (nSPS) is 32.8. The number of aliphatic hydroxyl groups excluding tert-OH is 1. The fraction of sp³-hybridized carbons (Fsp3) is 0.739. The van der Waals surface area contributed by atoms with Gasteiger partial charge in [-0.2, -0.15) is 0 Å². The van der Waals surface area contributed by atoms with Gasteiger partial charge in [0.05, 0.1) is 0 Å². The second-order valence-electron chi connectivity index (χ2n) is 10.3. The topological polar surface area (TPSA) is 41.5 Å². The van der Waals surface area contributed by atoms with Crippen molar-refractivity contribution in [3.8, 4) is 5.75 Å². The molecule has 1 atom stereocenters. The molecule has 1 aromatic carbocycles. The summed E-state index contributed by atoms with van der Waals surface area (Å²) >= 11 is 0. The minimum atomic E-state index is -0.489. The molecule has 152 valence electrons. The number of nitrogens with one attached hydrogen (secondary N) is 1. The lowest BCUT2D eigenvalue weighted by Crippen LogP contribution is -3.00. The zero-order chi connectivity index (χ0) is 18.4. The predicted molar refractivity (Wildman–Crippen MR) is 106 cm³/mol. The molecular formula is C23H35ClNO2-. The van der Waals surface area contributed by atoms with Crippen LogP contribution < -0.4 is 22.5 Å². The molecule has 4 heteroatoms. The van der Waals surface area contributed by atoms with Crippen molar-refractivity contribution in [3.63, 3.8) is 0 Å². The van der Waals surface area contributed by atoms with Gasteiger partial charge in [-0.1, -0.05) is 12.1 Å². The number of hydrogen-bond acceptors (Lipinski definition) is 3. The van der Waals surface area contributed by atoms with Crippen LogP contribution in [0.2, 0.25) is 0 Å². The number of β-amino-alcohol motifs (C(OH)–C–C–N with tert-alkyl or cyclic N) is 1. The Morgan fingerprint density at radius 3 is 2.04 bits per heavy atom. The van der Waals surface area contributed by atoms with Crippen molar-refractivity contribution < 1.29 is 22.3 Å². The summed E-state index contributed by atoms with van der Waals surface area (Å²) in [6.07, 6.45) is 8.17. The van der Waals surface area contributed by atoms with Gasteiger partial charge in [0, 0.05) is 12.1 Å². The van der Waals surface area contributed by atoms with Gasteiger partial charge >= 0.3 is 0 Å². The summed E-state index contributed by atoms with van der Waals surface area (Å²) in [6.45, 7) is 7.19. The van der Waals surface area contributed by atoms with Crippen molar-refractivity contribution in [1.29, 1.82) is 0 Å². The van der Waals surface area contributed by atoms with Crippen molar-refractivity contribution in [2.75, 3.05) is 13.2 Å². The van der Waals surface area contributed by atoms with E-state index in [-0.39, 0.29) is 17.9 Å². The Hall–Kier alpha value is -0.770. The largest absolute Gasteiger partial charge is 1.00 e. The van der Waals surface area contributed by atoms with Crippen molar-refractivity contribution >= 4 is 0 Å². The summed E-state index contributed by atoms with van der Waals surface area (Å²) < 4.78 is 5.82. The third-order valence-corrected chi connectivity index (χ3v) is 6.82. The zero-order valence-electron chi connectivity index (χ0n) is 17.0. The van der Waals surface area contributed by atoms with Crippen LogP contribution in [0.25, 0.3) is 0 Å². The van der Waals surface area contributed by atoms with Gasteiger partial charge < -0.3 is 27.6 Å². The molecule has 4 aliphatic rings. The highest BCUT2D eigenvalue weighted by Gasteiger charge is 2.51. The van der Waals surface area contributed by atoms with Crippen LogP contribution in [0.4, 0.5) is 0 Å². The molecule has 0 aliphatic heterocycles. The maximum atomic E-state index is 10.1. The average molecular weight is 393 g/mol. The van der Waals surface area contributed by atoms with Crippen LogP contribution in [0.3, 0.4) is 0 Å².